The molecule has 4 rings (SSSR count). The number of thioether (sulfide) groups is 1. The van der Waals surface area contributed by atoms with Crippen molar-refractivity contribution < 1.29 is 18.7 Å². The molecule has 146 valence electrons. The number of ether oxygens (including phenoxy) is 1. The molecule has 2 heterocycles. The topological polar surface area (TPSA) is 81.4 Å². The van der Waals surface area contributed by atoms with Crippen LogP contribution in [0.1, 0.15) is 22.7 Å². The Balaban J connectivity index is 1.29. The maximum absolute atomic E-state index is 11.6. The van der Waals surface area contributed by atoms with Gasteiger partial charge < -0.3 is 9.15 Å². The van der Waals surface area contributed by atoms with Gasteiger partial charge in [0.2, 0.25) is 11.8 Å². The fraction of sp³-hybridized carbons (Fsp3) is 0.136. The number of nitrogens with zero attached hydrogens (tertiary/aromatic N) is 1. The maximum atomic E-state index is 11.6. The summed E-state index contributed by atoms with van der Waals surface area (Å²) in [7, 11) is 0. The van der Waals surface area contributed by atoms with Gasteiger partial charge in [-0.1, -0.05) is 54.2 Å². The number of hydrogen-bond donors (Lipinski definition) is 1. The van der Waals surface area contributed by atoms with Crippen molar-refractivity contribution in [1.29, 1.82) is 0 Å². The van der Waals surface area contributed by atoms with Crippen molar-refractivity contribution in [3.8, 4) is 5.75 Å². The van der Waals surface area contributed by atoms with Crippen molar-refractivity contribution in [3.05, 3.63) is 83.6 Å². The molecule has 1 aromatic heterocycles. The Labute approximate surface area is 172 Å². The Morgan fingerprint density at radius 2 is 1.86 bits per heavy atom. The molecule has 6 nitrogen and oxygen atoms in total. The predicted octanol–water partition coefficient (Wildman–Crippen LogP) is 4.32. The summed E-state index contributed by atoms with van der Waals surface area (Å²) in [5.41, 5.74) is 2.73. The van der Waals surface area contributed by atoms with E-state index in [4.69, 9.17) is 9.15 Å². The highest BCUT2D eigenvalue weighted by atomic mass is 32.2. The third-order valence-corrected chi connectivity index (χ3v) is 5.27. The van der Waals surface area contributed by atoms with Crippen molar-refractivity contribution >= 4 is 35.1 Å². The molecule has 1 N–H and O–H groups in total. The van der Waals surface area contributed by atoms with Crippen LogP contribution in [0.4, 0.5) is 4.79 Å². The van der Waals surface area contributed by atoms with E-state index in [9.17, 15) is 9.59 Å². The van der Waals surface area contributed by atoms with E-state index in [1.165, 1.54) is 0 Å². The van der Waals surface area contributed by atoms with Gasteiger partial charge in [-0.2, -0.15) is 0 Å². The highest BCUT2D eigenvalue weighted by Gasteiger charge is 2.31. The average Bonchev–Trinajstić information content (AvgIpc) is 3.32. The number of carbonyl (C=O) groups is 2. The molecule has 1 unspecified atom stereocenters. The molecule has 0 radical (unpaired) electrons. The van der Waals surface area contributed by atoms with E-state index in [-0.39, 0.29) is 23.0 Å². The number of benzene rings is 2. The van der Waals surface area contributed by atoms with Gasteiger partial charge in [-0.25, -0.2) is 4.98 Å². The molecule has 1 fully saturated rings. The van der Waals surface area contributed by atoms with Crippen LogP contribution in [0, 0.1) is 0 Å². The number of rotatable bonds is 7. The zero-order chi connectivity index (χ0) is 20.1. The lowest BCUT2D eigenvalue weighted by atomic mass is 10.1. The molecular formula is C22H18N2O4S. The van der Waals surface area contributed by atoms with E-state index in [1.807, 2.05) is 66.7 Å². The Hall–Kier alpha value is -3.32. The van der Waals surface area contributed by atoms with Gasteiger partial charge in [0.15, 0.2) is 0 Å². The first-order chi connectivity index (χ1) is 14.2. The second-order valence-corrected chi connectivity index (χ2v) is 7.62. The van der Waals surface area contributed by atoms with Crippen LogP contribution in [0.5, 0.6) is 5.75 Å². The summed E-state index contributed by atoms with van der Waals surface area (Å²) < 4.78 is 11.2. The molecule has 0 aliphatic carbocycles. The number of hydrogen-bond acceptors (Lipinski definition) is 6. The second-order valence-electron chi connectivity index (χ2n) is 6.44. The van der Waals surface area contributed by atoms with Crippen LogP contribution in [-0.2, 0) is 17.8 Å². The van der Waals surface area contributed by atoms with Gasteiger partial charge in [-0.05, 0) is 35.8 Å². The lowest BCUT2D eigenvalue weighted by molar-refractivity contribution is -0.118. The molecule has 0 bridgehead atoms. The van der Waals surface area contributed by atoms with Crippen LogP contribution in [0.3, 0.4) is 0 Å². The van der Waals surface area contributed by atoms with Gasteiger partial charge in [-0.3, -0.25) is 14.9 Å². The predicted molar refractivity (Wildman–Crippen MR) is 111 cm³/mol. The smallest absolute Gasteiger partial charge is 0.286 e. The summed E-state index contributed by atoms with van der Waals surface area (Å²) in [6.45, 7) is 0.289. The van der Waals surface area contributed by atoms with Crippen molar-refractivity contribution in [2.75, 3.05) is 0 Å². The largest absolute Gasteiger partial charge is 0.487 e. The number of carbonyl (C=O) groups excluding carboxylic acids is 2. The molecule has 29 heavy (non-hydrogen) atoms. The molecular weight excluding hydrogens is 388 g/mol. The lowest BCUT2D eigenvalue weighted by Gasteiger charge is -2.07. The van der Waals surface area contributed by atoms with E-state index in [0.29, 0.717) is 23.8 Å². The van der Waals surface area contributed by atoms with E-state index in [1.54, 1.807) is 6.26 Å². The second kappa shape index (κ2) is 8.79. The number of oxazole rings is 1. The number of aromatic nitrogens is 1. The fourth-order valence-electron chi connectivity index (χ4n) is 2.82. The van der Waals surface area contributed by atoms with Crippen molar-refractivity contribution in [3.63, 3.8) is 0 Å². The minimum atomic E-state index is -0.369. The Bertz CT molecular complexity index is 1030. The Kier molecular flexibility index (Phi) is 5.76. The quantitative estimate of drug-likeness (QED) is 0.629. The number of amides is 2. The van der Waals surface area contributed by atoms with Crippen LogP contribution >= 0.6 is 11.8 Å². The molecule has 3 aromatic rings. The number of nitrogens with one attached hydrogen (secondary N) is 1. The zero-order valence-corrected chi connectivity index (χ0v) is 16.2. The Morgan fingerprint density at radius 3 is 2.59 bits per heavy atom. The van der Waals surface area contributed by atoms with E-state index in [0.717, 1.165) is 22.9 Å². The minimum absolute atomic E-state index is 0.233. The summed E-state index contributed by atoms with van der Waals surface area (Å²) in [4.78, 5) is 27.3. The lowest BCUT2D eigenvalue weighted by Crippen LogP contribution is -2.25. The van der Waals surface area contributed by atoms with Gasteiger partial charge in [0.05, 0.1) is 5.25 Å². The summed E-state index contributed by atoms with van der Waals surface area (Å²) in [5.74, 6) is 0.978. The molecule has 0 spiro atoms. The van der Waals surface area contributed by atoms with Crippen LogP contribution in [0.25, 0.3) is 12.2 Å². The van der Waals surface area contributed by atoms with E-state index in [2.05, 4.69) is 10.3 Å². The van der Waals surface area contributed by atoms with Crippen LogP contribution in [-0.4, -0.2) is 21.4 Å². The summed E-state index contributed by atoms with van der Waals surface area (Å²) in [5, 5.41) is 1.64. The highest BCUT2D eigenvalue weighted by Crippen LogP contribution is 2.24. The van der Waals surface area contributed by atoms with Crippen molar-refractivity contribution in [2.45, 2.75) is 18.3 Å². The minimum Gasteiger partial charge on any atom is -0.487 e. The standard InChI is InChI=1S/C22H18N2O4S/c25-21-19(29-22(26)24-21)12-16-6-9-18(10-7-16)27-13-17-14-28-20(23-17)11-8-15-4-2-1-3-5-15/h1-11,14,19H,12-13H2,(H,24,25,26)/b11-8+. The van der Waals surface area contributed by atoms with Crippen molar-refractivity contribution in [1.82, 2.24) is 10.3 Å². The summed E-state index contributed by atoms with van der Waals surface area (Å²) in [6.07, 6.45) is 5.83. The first kappa shape index (κ1) is 19.0. The van der Waals surface area contributed by atoms with Gasteiger partial charge in [0.1, 0.15) is 24.3 Å². The fourth-order valence-corrected chi connectivity index (χ4v) is 3.68. The van der Waals surface area contributed by atoms with Gasteiger partial charge in [-0.15, -0.1) is 0 Å². The summed E-state index contributed by atoms with van der Waals surface area (Å²) in [6, 6.07) is 17.4. The highest BCUT2D eigenvalue weighted by molar-refractivity contribution is 8.15. The molecule has 1 saturated heterocycles. The monoisotopic (exact) mass is 406 g/mol. The van der Waals surface area contributed by atoms with E-state index < -0.39 is 0 Å². The van der Waals surface area contributed by atoms with Gasteiger partial charge in [0, 0.05) is 6.08 Å². The molecule has 0 saturated carbocycles. The van der Waals surface area contributed by atoms with Gasteiger partial charge in [0.25, 0.3) is 5.24 Å². The molecule has 7 heteroatoms. The molecule has 1 atom stereocenters. The zero-order valence-electron chi connectivity index (χ0n) is 15.4. The third-order valence-electron chi connectivity index (χ3n) is 4.29. The first-order valence-electron chi connectivity index (χ1n) is 9.06. The third kappa shape index (κ3) is 5.14. The first-order valence-corrected chi connectivity index (χ1v) is 9.94. The molecule has 2 amide bonds. The Morgan fingerprint density at radius 1 is 1.07 bits per heavy atom. The SMILES string of the molecule is O=C1NC(=O)C(Cc2ccc(OCc3coc(/C=C/c4ccccc4)n3)cc2)S1. The molecule has 1 aliphatic rings. The maximum Gasteiger partial charge on any atom is 0.286 e. The van der Waals surface area contributed by atoms with Crippen molar-refractivity contribution in [2.24, 2.45) is 0 Å². The molecule has 2 aromatic carbocycles. The normalized spacial score (nSPS) is 16.3. The van der Waals surface area contributed by atoms with Crippen LogP contribution < -0.4 is 10.1 Å². The van der Waals surface area contributed by atoms with E-state index >= 15 is 0 Å². The number of imide groups is 1. The van der Waals surface area contributed by atoms with Gasteiger partial charge >= 0.3 is 0 Å². The van der Waals surface area contributed by atoms with Crippen LogP contribution in [0.2, 0.25) is 0 Å². The molecule has 1 aliphatic heterocycles. The summed E-state index contributed by atoms with van der Waals surface area (Å²) >= 11 is 1.03. The average molecular weight is 406 g/mol. The van der Waals surface area contributed by atoms with Crippen LogP contribution in [0.15, 0.2) is 65.3 Å².